The van der Waals surface area contributed by atoms with Crippen LogP contribution in [0, 0.1) is 0 Å². The van der Waals surface area contributed by atoms with Gasteiger partial charge < -0.3 is 5.11 Å². The lowest BCUT2D eigenvalue weighted by atomic mass is 10.2. The molecule has 1 atom stereocenters. The standard InChI is InChI=1S/C7H7NO3/c9-6-4-1-2-5(3-4)8(6)7(10)11/h1,5H,2-3H2,(H,10,11)/t5-/m0/s1. The van der Waals surface area contributed by atoms with Crippen LogP contribution in [-0.2, 0) is 4.79 Å². The van der Waals surface area contributed by atoms with Crippen molar-refractivity contribution in [3.63, 3.8) is 0 Å². The average molecular weight is 153 g/mol. The summed E-state index contributed by atoms with van der Waals surface area (Å²) in [6.45, 7) is 0. The number of rotatable bonds is 0. The first kappa shape index (κ1) is 6.39. The molecule has 4 nitrogen and oxygen atoms in total. The highest BCUT2D eigenvalue weighted by atomic mass is 16.4. The fourth-order valence-corrected chi connectivity index (χ4v) is 1.63. The SMILES string of the molecule is O=C(O)N1C(=O)C2=CC[C@H]1C2. The van der Waals surface area contributed by atoms with Crippen molar-refractivity contribution in [1.29, 1.82) is 0 Å². The summed E-state index contributed by atoms with van der Waals surface area (Å²) in [6.07, 6.45) is 2.02. The summed E-state index contributed by atoms with van der Waals surface area (Å²) in [4.78, 5) is 22.5. The fraction of sp³-hybridized carbons (Fsp3) is 0.429. The lowest BCUT2D eigenvalue weighted by molar-refractivity contribution is -0.124. The topological polar surface area (TPSA) is 57.6 Å². The van der Waals surface area contributed by atoms with Gasteiger partial charge in [0.15, 0.2) is 0 Å². The molecule has 0 saturated carbocycles. The van der Waals surface area contributed by atoms with Crippen molar-refractivity contribution in [2.75, 3.05) is 0 Å². The molecule has 2 rings (SSSR count). The van der Waals surface area contributed by atoms with Gasteiger partial charge in [-0.05, 0) is 12.8 Å². The van der Waals surface area contributed by atoms with Crippen LogP contribution in [-0.4, -0.2) is 28.0 Å². The summed E-state index contributed by atoms with van der Waals surface area (Å²) in [6, 6.07) is -0.102. The largest absolute Gasteiger partial charge is 0.465 e. The molecular formula is C7H7NO3. The van der Waals surface area contributed by atoms with Gasteiger partial charge in [0.25, 0.3) is 5.91 Å². The van der Waals surface area contributed by atoms with Crippen LogP contribution >= 0.6 is 0 Å². The molecule has 2 bridgehead atoms. The highest BCUT2D eigenvalue weighted by Gasteiger charge is 2.42. The summed E-state index contributed by atoms with van der Waals surface area (Å²) in [5.41, 5.74) is 0.664. The number of nitrogens with zero attached hydrogens (tertiary/aromatic N) is 1. The van der Waals surface area contributed by atoms with E-state index in [-0.39, 0.29) is 11.9 Å². The van der Waals surface area contributed by atoms with Crippen LogP contribution in [0.3, 0.4) is 0 Å². The van der Waals surface area contributed by atoms with Crippen LogP contribution in [0.15, 0.2) is 11.6 Å². The molecule has 0 aromatic heterocycles. The van der Waals surface area contributed by atoms with E-state index < -0.39 is 6.09 Å². The van der Waals surface area contributed by atoms with Crippen molar-refractivity contribution >= 4 is 12.0 Å². The molecule has 2 aliphatic rings. The van der Waals surface area contributed by atoms with Crippen LogP contribution in [0.5, 0.6) is 0 Å². The number of hydrogen-bond donors (Lipinski definition) is 1. The lowest BCUT2D eigenvalue weighted by Crippen LogP contribution is -2.38. The Hall–Kier alpha value is -1.32. The molecule has 58 valence electrons. The molecule has 1 heterocycles. The molecule has 1 aliphatic heterocycles. The maximum Gasteiger partial charge on any atom is 0.414 e. The third-order valence-electron chi connectivity index (χ3n) is 2.16. The molecule has 0 aromatic rings. The number of imide groups is 1. The second-order valence-electron chi connectivity index (χ2n) is 2.78. The van der Waals surface area contributed by atoms with Gasteiger partial charge in [0.2, 0.25) is 0 Å². The third-order valence-corrected chi connectivity index (χ3v) is 2.16. The molecule has 0 radical (unpaired) electrons. The Kier molecular flexibility index (Phi) is 1.07. The smallest absolute Gasteiger partial charge is 0.414 e. The summed E-state index contributed by atoms with van der Waals surface area (Å²) >= 11 is 0. The third kappa shape index (κ3) is 0.691. The van der Waals surface area contributed by atoms with Gasteiger partial charge in [-0.2, -0.15) is 0 Å². The van der Waals surface area contributed by atoms with Gasteiger partial charge in [-0.15, -0.1) is 0 Å². The first-order chi connectivity index (χ1) is 5.20. The predicted molar refractivity (Wildman–Crippen MR) is 36.0 cm³/mol. The van der Waals surface area contributed by atoms with Gasteiger partial charge in [0, 0.05) is 5.57 Å². The number of hydrogen-bond acceptors (Lipinski definition) is 2. The fourth-order valence-electron chi connectivity index (χ4n) is 1.63. The molecule has 0 spiro atoms. The molecule has 1 N–H and O–H groups in total. The van der Waals surface area contributed by atoms with E-state index in [1.54, 1.807) is 0 Å². The van der Waals surface area contributed by atoms with E-state index in [0.717, 1.165) is 4.90 Å². The molecule has 2 amide bonds. The lowest BCUT2D eigenvalue weighted by Gasteiger charge is -2.18. The monoisotopic (exact) mass is 153 g/mol. The highest BCUT2D eigenvalue weighted by Crippen LogP contribution is 2.33. The number of fused-ring (bicyclic) bond motifs is 2. The second-order valence-corrected chi connectivity index (χ2v) is 2.78. The van der Waals surface area contributed by atoms with Gasteiger partial charge >= 0.3 is 6.09 Å². The van der Waals surface area contributed by atoms with Crippen LogP contribution in [0.1, 0.15) is 12.8 Å². The van der Waals surface area contributed by atoms with E-state index in [0.29, 0.717) is 18.4 Å². The molecule has 0 unspecified atom stereocenters. The van der Waals surface area contributed by atoms with E-state index in [9.17, 15) is 9.59 Å². The molecule has 4 heteroatoms. The second kappa shape index (κ2) is 1.84. The maximum atomic E-state index is 11.1. The molecule has 11 heavy (non-hydrogen) atoms. The van der Waals surface area contributed by atoms with Crippen molar-refractivity contribution in [2.45, 2.75) is 18.9 Å². The van der Waals surface area contributed by atoms with Gasteiger partial charge in [0.05, 0.1) is 6.04 Å². The maximum absolute atomic E-state index is 11.1. The van der Waals surface area contributed by atoms with Crippen molar-refractivity contribution in [2.24, 2.45) is 0 Å². The average Bonchev–Trinajstić information content (AvgIpc) is 2.44. The zero-order chi connectivity index (χ0) is 8.01. The van der Waals surface area contributed by atoms with Gasteiger partial charge in [-0.25, -0.2) is 9.69 Å². The first-order valence-electron chi connectivity index (χ1n) is 3.45. The van der Waals surface area contributed by atoms with Gasteiger partial charge in [-0.1, -0.05) is 6.08 Å². The number of carbonyl (C=O) groups is 2. The molecule has 0 aromatic carbocycles. The Morgan fingerprint density at radius 3 is 2.82 bits per heavy atom. The van der Waals surface area contributed by atoms with E-state index in [2.05, 4.69) is 0 Å². The van der Waals surface area contributed by atoms with Crippen LogP contribution in [0.2, 0.25) is 0 Å². The zero-order valence-corrected chi connectivity index (χ0v) is 5.78. The number of carbonyl (C=O) groups excluding carboxylic acids is 1. The van der Waals surface area contributed by atoms with Gasteiger partial charge in [-0.3, -0.25) is 4.79 Å². The summed E-state index contributed by atoms with van der Waals surface area (Å²) < 4.78 is 0. The quantitative estimate of drug-likeness (QED) is 0.554. The highest BCUT2D eigenvalue weighted by molar-refractivity contribution is 6.05. The molecule has 1 aliphatic carbocycles. The number of likely N-dealkylation sites (tertiary alicyclic amines) is 1. The van der Waals surface area contributed by atoms with Crippen molar-refractivity contribution in [3.8, 4) is 0 Å². The van der Waals surface area contributed by atoms with Crippen molar-refractivity contribution in [1.82, 2.24) is 4.90 Å². The summed E-state index contributed by atoms with van der Waals surface area (Å²) in [7, 11) is 0. The molecule has 1 saturated heterocycles. The Morgan fingerprint density at radius 1 is 1.73 bits per heavy atom. The van der Waals surface area contributed by atoms with Crippen molar-refractivity contribution < 1.29 is 14.7 Å². The normalized spacial score (nSPS) is 27.6. The summed E-state index contributed by atoms with van der Waals surface area (Å²) in [5, 5.41) is 8.58. The van der Waals surface area contributed by atoms with E-state index in [4.69, 9.17) is 5.11 Å². The minimum atomic E-state index is -1.12. The molecule has 1 fully saturated rings. The van der Waals surface area contributed by atoms with Crippen LogP contribution < -0.4 is 0 Å². The zero-order valence-electron chi connectivity index (χ0n) is 5.78. The van der Waals surface area contributed by atoms with Gasteiger partial charge in [0.1, 0.15) is 0 Å². The minimum absolute atomic E-state index is 0.102. The van der Waals surface area contributed by atoms with Crippen LogP contribution in [0.4, 0.5) is 4.79 Å². The van der Waals surface area contributed by atoms with Crippen molar-refractivity contribution in [3.05, 3.63) is 11.6 Å². The Labute approximate surface area is 63.1 Å². The first-order valence-corrected chi connectivity index (χ1v) is 3.45. The molecular weight excluding hydrogens is 146 g/mol. The predicted octanol–water partition coefficient (Wildman–Crippen LogP) is 0.595. The Morgan fingerprint density at radius 2 is 2.45 bits per heavy atom. The number of amides is 2. The Balaban J connectivity index is 2.34. The summed E-state index contributed by atoms with van der Waals surface area (Å²) in [5.74, 6) is -0.325. The minimum Gasteiger partial charge on any atom is -0.465 e. The van der Waals surface area contributed by atoms with Crippen LogP contribution in [0.25, 0.3) is 0 Å². The van der Waals surface area contributed by atoms with E-state index in [1.165, 1.54) is 0 Å². The Bertz CT molecular complexity index is 269. The van der Waals surface area contributed by atoms with E-state index in [1.807, 2.05) is 6.08 Å². The van der Waals surface area contributed by atoms with E-state index >= 15 is 0 Å². The number of carboxylic acid groups (broad SMARTS) is 1.